The molecule has 0 aromatic heterocycles. The summed E-state index contributed by atoms with van der Waals surface area (Å²) >= 11 is 0. The molecule has 0 amide bonds. The Hall–Kier alpha value is -0.0800. The van der Waals surface area contributed by atoms with E-state index in [0.717, 1.165) is 25.4 Å². The molecule has 0 unspecified atom stereocenters. The Kier molecular flexibility index (Phi) is 5.77. The minimum Gasteiger partial charge on any atom is -0.376 e. The second kappa shape index (κ2) is 6.61. The normalized spacial score (nSPS) is 27.0. The molecule has 1 rings (SSSR count). The Morgan fingerprint density at radius 1 is 1.06 bits per heavy atom. The predicted octanol–water partition coefficient (Wildman–Crippen LogP) is 3.49. The summed E-state index contributed by atoms with van der Waals surface area (Å²) in [6.07, 6.45) is 8.99. The molecule has 0 atom stereocenters. The van der Waals surface area contributed by atoms with Gasteiger partial charge in [-0.1, -0.05) is 27.2 Å². The average Bonchev–Trinajstić information content (AvgIpc) is 2.36. The van der Waals surface area contributed by atoms with Crippen LogP contribution in [0.1, 0.15) is 65.7 Å². The SMILES string of the molecule is CCC1CCC(OCC(N)(CC)CC)CC1. The Morgan fingerprint density at radius 2 is 1.62 bits per heavy atom. The molecule has 0 aliphatic heterocycles. The molecule has 96 valence electrons. The van der Waals surface area contributed by atoms with Gasteiger partial charge in [-0.2, -0.15) is 0 Å². The highest BCUT2D eigenvalue weighted by Crippen LogP contribution is 2.28. The third-order valence-corrected chi connectivity index (χ3v) is 4.39. The lowest BCUT2D eigenvalue weighted by Crippen LogP contribution is -2.44. The van der Waals surface area contributed by atoms with Gasteiger partial charge in [0.05, 0.1) is 12.7 Å². The molecule has 1 saturated carbocycles. The number of hydrogen-bond acceptors (Lipinski definition) is 2. The van der Waals surface area contributed by atoms with E-state index < -0.39 is 0 Å². The summed E-state index contributed by atoms with van der Waals surface area (Å²) in [7, 11) is 0. The van der Waals surface area contributed by atoms with Gasteiger partial charge in [-0.3, -0.25) is 0 Å². The van der Waals surface area contributed by atoms with Gasteiger partial charge in [0, 0.05) is 5.54 Å². The summed E-state index contributed by atoms with van der Waals surface area (Å²) in [5.74, 6) is 0.944. The van der Waals surface area contributed by atoms with E-state index in [0.29, 0.717) is 6.10 Å². The Morgan fingerprint density at radius 3 is 2.06 bits per heavy atom. The van der Waals surface area contributed by atoms with Crippen LogP contribution < -0.4 is 5.73 Å². The zero-order valence-corrected chi connectivity index (χ0v) is 11.3. The van der Waals surface area contributed by atoms with Crippen molar-refractivity contribution in [2.24, 2.45) is 11.7 Å². The fourth-order valence-electron chi connectivity index (χ4n) is 2.44. The van der Waals surface area contributed by atoms with E-state index in [1.165, 1.54) is 32.1 Å². The highest BCUT2D eigenvalue weighted by Gasteiger charge is 2.25. The largest absolute Gasteiger partial charge is 0.376 e. The molecule has 1 aliphatic rings. The maximum Gasteiger partial charge on any atom is 0.0649 e. The van der Waals surface area contributed by atoms with Gasteiger partial charge < -0.3 is 10.5 Å². The van der Waals surface area contributed by atoms with Gasteiger partial charge in [-0.25, -0.2) is 0 Å². The first-order valence-corrected chi connectivity index (χ1v) is 7.04. The van der Waals surface area contributed by atoms with Crippen LogP contribution in [0.4, 0.5) is 0 Å². The average molecular weight is 227 g/mol. The molecule has 2 N–H and O–H groups in total. The van der Waals surface area contributed by atoms with Crippen molar-refractivity contribution in [3.8, 4) is 0 Å². The molecule has 0 bridgehead atoms. The third kappa shape index (κ3) is 4.06. The molecular formula is C14H29NO. The van der Waals surface area contributed by atoms with Crippen LogP contribution >= 0.6 is 0 Å². The monoisotopic (exact) mass is 227 g/mol. The Bertz CT molecular complexity index is 181. The van der Waals surface area contributed by atoms with Crippen molar-refractivity contribution in [3.63, 3.8) is 0 Å². The van der Waals surface area contributed by atoms with E-state index in [4.69, 9.17) is 10.5 Å². The fourth-order valence-corrected chi connectivity index (χ4v) is 2.44. The number of hydrogen-bond donors (Lipinski definition) is 1. The van der Waals surface area contributed by atoms with Crippen LogP contribution in [0.3, 0.4) is 0 Å². The lowest BCUT2D eigenvalue weighted by Gasteiger charge is -2.32. The highest BCUT2D eigenvalue weighted by atomic mass is 16.5. The summed E-state index contributed by atoms with van der Waals surface area (Å²) in [6.45, 7) is 7.34. The molecule has 2 heteroatoms. The van der Waals surface area contributed by atoms with Crippen LogP contribution in [-0.2, 0) is 4.74 Å². The van der Waals surface area contributed by atoms with Gasteiger partial charge in [-0.15, -0.1) is 0 Å². The van der Waals surface area contributed by atoms with Gasteiger partial charge in [0.2, 0.25) is 0 Å². The van der Waals surface area contributed by atoms with Gasteiger partial charge in [0.1, 0.15) is 0 Å². The number of ether oxygens (including phenoxy) is 1. The van der Waals surface area contributed by atoms with Gasteiger partial charge >= 0.3 is 0 Å². The van der Waals surface area contributed by atoms with Crippen molar-refractivity contribution in [2.45, 2.75) is 77.4 Å². The molecule has 16 heavy (non-hydrogen) atoms. The first-order valence-electron chi connectivity index (χ1n) is 7.04. The van der Waals surface area contributed by atoms with E-state index in [1.807, 2.05) is 0 Å². The fraction of sp³-hybridized carbons (Fsp3) is 1.00. The maximum absolute atomic E-state index is 6.24. The summed E-state index contributed by atoms with van der Waals surface area (Å²) in [6, 6.07) is 0. The smallest absolute Gasteiger partial charge is 0.0649 e. The molecule has 1 fully saturated rings. The molecule has 1 aliphatic carbocycles. The molecule has 0 radical (unpaired) electrons. The third-order valence-electron chi connectivity index (χ3n) is 4.39. The summed E-state index contributed by atoms with van der Waals surface area (Å²) in [4.78, 5) is 0. The zero-order valence-electron chi connectivity index (χ0n) is 11.3. The molecule has 0 spiro atoms. The zero-order chi connectivity index (χ0) is 12.0. The van der Waals surface area contributed by atoms with E-state index in [1.54, 1.807) is 0 Å². The van der Waals surface area contributed by atoms with Crippen LogP contribution in [0.2, 0.25) is 0 Å². The van der Waals surface area contributed by atoms with Crippen LogP contribution in [0, 0.1) is 5.92 Å². The predicted molar refractivity (Wildman–Crippen MR) is 69.5 cm³/mol. The van der Waals surface area contributed by atoms with Gasteiger partial charge in [-0.05, 0) is 44.4 Å². The first-order chi connectivity index (χ1) is 7.63. The molecule has 0 aromatic carbocycles. The van der Waals surface area contributed by atoms with Crippen LogP contribution in [0.5, 0.6) is 0 Å². The number of nitrogens with two attached hydrogens (primary N) is 1. The standard InChI is InChI=1S/C14H29NO/c1-4-12-7-9-13(10-8-12)16-11-14(15,5-2)6-3/h12-13H,4-11,15H2,1-3H3. The highest BCUT2D eigenvalue weighted by molar-refractivity contribution is 4.82. The molecule has 0 aromatic rings. The summed E-state index contributed by atoms with van der Waals surface area (Å²) < 4.78 is 6.00. The second-order valence-electron chi connectivity index (χ2n) is 5.43. The quantitative estimate of drug-likeness (QED) is 0.754. The van der Waals surface area contributed by atoms with E-state index >= 15 is 0 Å². The maximum atomic E-state index is 6.24. The van der Waals surface area contributed by atoms with Crippen molar-refractivity contribution >= 4 is 0 Å². The molecule has 2 nitrogen and oxygen atoms in total. The van der Waals surface area contributed by atoms with E-state index in [-0.39, 0.29) is 5.54 Å². The molecule has 0 heterocycles. The Labute approximate surface area is 101 Å². The van der Waals surface area contributed by atoms with Gasteiger partial charge in [0.15, 0.2) is 0 Å². The first kappa shape index (κ1) is 14.0. The van der Waals surface area contributed by atoms with E-state index in [9.17, 15) is 0 Å². The van der Waals surface area contributed by atoms with Crippen molar-refractivity contribution in [1.29, 1.82) is 0 Å². The number of rotatable bonds is 6. The van der Waals surface area contributed by atoms with Crippen LogP contribution in [0.15, 0.2) is 0 Å². The lowest BCUT2D eigenvalue weighted by atomic mass is 9.85. The Balaban J connectivity index is 2.24. The molecular weight excluding hydrogens is 198 g/mol. The minimum atomic E-state index is -0.0956. The minimum absolute atomic E-state index is 0.0956. The van der Waals surface area contributed by atoms with Crippen molar-refractivity contribution in [1.82, 2.24) is 0 Å². The summed E-state index contributed by atoms with van der Waals surface area (Å²) in [5, 5.41) is 0. The second-order valence-corrected chi connectivity index (χ2v) is 5.43. The van der Waals surface area contributed by atoms with E-state index in [2.05, 4.69) is 20.8 Å². The van der Waals surface area contributed by atoms with Crippen molar-refractivity contribution in [2.75, 3.05) is 6.61 Å². The van der Waals surface area contributed by atoms with Crippen molar-refractivity contribution in [3.05, 3.63) is 0 Å². The van der Waals surface area contributed by atoms with Crippen LogP contribution in [-0.4, -0.2) is 18.2 Å². The van der Waals surface area contributed by atoms with Gasteiger partial charge in [0.25, 0.3) is 0 Å². The summed E-state index contributed by atoms with van der Waals surface area (Å²) in [5.41, 5.74) is 6.15. The van der Waals surface area contributed by atoms with Crippen LogP contribution in [0.25, 0.3) is 0 Å². The van der Waals surface area contributed by atoms with Crippen molar-refractivity contribution < 1.29 is 4.74 Å². The molecule has 0 saturated heterocycles. The topological polar surface area (TPSA) is 35.2 Å². The lowest BCUT2D eigenvalue weighted by molar-refractivity contribution is -0.0100.